The van der Waals surface area contributed by atoms with E-state index in [1.807, 2.05) is 26.0 Å². The predicted octanol–water partition coefficient (Wildman–Crippen LogP) is 4.05. The van der Waals surface area contributed by atoms with Crippen molar-refractivity contribution in [1.82, 2.24) is 5.32 Å². The number of amides is 2. The second kappa shape index (κ2) is 9.40. The Morgan fingerprint density at radius 2 is 1.84 bits per heavy atom. The molecule has 0 aromatic heterocycles. The van der Waals surface area contributed by atoms with Crippen LogP contribution in [-0.4, -0.2) is 24.9 Å². The molecule has 0 unspecified atom stereocenters. The summed E-state index contributed by atoms with van der Waals surface area (Å²) in [6.07, 6.45) is 8.48. The first kappa shape index (κ1) is 19.2. The number of hydrogen-bond donors (Lipinski definition) is 1. The summed E-state index contributed by atoms with van der Waals surface area (Å²) in [7, 11) is 0. The standard InChI is InChI=1S/C21H30N2O2/c1-16-13-17(2)15-20(14-16)23(18(3)24)12-10-21(25)22-11-9-19-7-5-4-6-8-19/h7,13-15H,4-6,8-12H2,1-3H3,(H,22,25). The van der Waals surface area contributed by atoms with E-state index in [9.17, 15) is 9.59 Å². The van der Waals surface area contributed by atoms with Crippen LogP contribution in [0.15, 0.2) is 29.8 Å². The number of benzene rings is 1. The van der Waals surface area contributed by atoms with Gasteiger partial charge in [0, 0.05) is 32.1 Å². The Morgan fingerprint density at radius 1 is 1.12 bits per heavy atom. The van der Waals surface area contributed by atoms with Gasteiger partial charge in [-0.05, 0) is 69.2 Å². The van der Waals surface area contributed by atoms with Gasteiger partial charge in [0.05, 0.1) is 0 Å². The lowest BCUT2D eigenvalue weighted by Crippen LogP contribution is -2.34. The van der Waals surface area contributed by atoms with E-state index in [0.717, 1.165) is 23.2 Å². The number of allylic oxidation sites excluding steroid dienone is 1. The van der Waals surface area contributed by atoms with Gasteiger partial charge >= 0.3 is 0 Å². The maximum Gasteiger partial charge on any atom is 0.223 e. The fourth-order valence-corrected chi connectivity index (χ4v) is 3.37. The average Bonchev–Trinajstić information content (AvgIpc) is 2.55. The van der Waals surface area contributed by atoms with Crippen molar-refractivity contribution in [3.63, 3.8) is 0 Å². The largest absolute Gasteiger partial charge is 0.356 e. The fourth-order valence-electron chi connectivity index (χ4n) is 3.37. The lowest BCUT2D eigenvalue weighted by molar-refractivity contribution is -0.121. The predicted molar refractivity (Wildman–Crippen MR) is 103 cm³/mol. The van der Waals surface area contributed by atoms with Gasteiger partial charge in [-0.2, -0.15) is 0 Å². The van der Waals surface area contributed by atoms with Crippen LogP contribution in [0.4, 0.5) is 5.69 Å². The van der Waals surface area contributed by atoms with Gasteiger partial charge in [0.2, 0.25) is 11.8 Å². The Bertz CT molecular complexity index is 629. The summed E-state index contributed by atoms with van der Waals surface area (Å²) in [5.74, 6) is -0.0304. The van der Waals surface area contributed by atoms with Crippen LogP contribution >= 0.6 is 0 Å². The van der Waals surface area contributed by atoms with Crippen LogP contribution in [0, 0.1) is 13.8 Å². The number of nitrogens with one attached hydrogen (secondary N) is 1. The molecule has 1 aliphatic carbocycles. The van der Waals surface area contributed by atoms with Gasteiger partial charge in [0.15, 0.2) is 0 Å². The molecular weight excluding hydrogens is 312 g/mol. The molecule has 1 aliphatic rings. The summed E-state index contributed by atoms with van der Waals surface area (Å²) in [5, 5.41) is 2.98. The lowest BCUT2D eigenvalue weighted by atomic mass is 9.97. The fraction of sp³-hybridized carbons (Fsp3) is 0.524. The second-order valence-corrected chi connectivity index (χ2v) is 6.97. The Balaban J connectivity index is 1.82. The molecule has 0 saturated heterocycles. The van der Waals surface area contributed by atoms with Crippen molar-refractivity contribution >= 4 is 17.5 Å². The first-order valence-electron chi connectivity index (χ1n) is 9.26. The molecule has 0 bridgehead atoms. The molecule has 1 N–H and O–H groups in total. The molecule has 25 heavy (non-hydrogen) atoms. The number of carbonyl (C=O) groups is 2. The summed E-state index contributed by atoms with van der Waals surface area (Å²) in [5.41, 5.74) is 4.57. The number of hydrogen-bond acceptors (Lipinski definition) is 2. The highest BCUT2D eigenvalue weighted by atomic mass is 16.2. The van der Waals surface area contributed by atoms with Crippen molar-refractivity contribution in [2.24, 2.45) is 0 Å². The third-order valence-corrected chi connectivity index (χ3v) is 4.61. The minimum Gasteiger partial charge on any atom is -0.356 e. The van der Waals surface area contributed by atoms with E-state index in [-0.39, 0.29) is 11.8 Å². The van der Waals surface area contributed by atoms with Gasteiger partial charge in [-0.25, -0.2) is 0 Å². The average molecular weight is 342 g/mol. The van der Waals surface area contributed by atoms with E-state index in [0.29, 0.717) is 19.5 Å². The van der Waals surface area contributed by atoms with Crippen LogP contribution in [-0.2, 0) is 9.59 Å². The van der Waals surface area contributed by atoms with Gasteiger partial charge in [-0.1, -0.05) is 17.7 Å². The molecule has 0 atom stereocenters. The molecule has 4 heteroatoms. The Labute approximate surface area is 151 Å². The smallest absolute Gasteiger partial charge is 0.223 e. The molecule has 0 aliphatic heterocycles. The van der Waals surface area contributed by atoms with Crippen molar-refractivity contribution in [3.05, 3.63) is 41.0 Å². The molecule has 0 saturated carbocycles. The lowest BCUT2D eigenvalue weighted by Gasteiger charge is -2.22. The van der Waals surface area contributed by atoms with Gasteiger partial charge in [0.1, 0.15) is 0 Å². The zero-order valence-corrected chi connectivity index (χ0v) is 15.7. The van der Waals surface area contributed by atoms with Crippen molar-refractivity contribution in [2.45, 2.75) is 59.3 Å². The van der Waals surface area contributed by atoms with Crippen molar-refractivity contribution < 1.29 is 9.59 Å². The minimum atomic E-state index is -0.0369. The second-order valence-electron chi connectivity index (χ2n) is 6.97. The molecular formula is C21H30N2O2. The zero-order valence-electron chi connectivity index (χ0n) is 15.7. The van der Waals surface area contributed by atoms with Crippen molar-refractivity contribution in [1.29, 1.82) is 0 Å². The van der Waals surface area contributed by atoms with Gasteiger partial charge in [-0.15, -0.1) is 0 Å². The number of aryl methyl sites for hydroxylation is 2. The maximum absolute atomic E-state index is 12.1. The maximum atomic E-state index is 12.1. The van der Waals surface area contributed by atoms with Crippen LogP contribution < -0.4 is 10.2 Å². The van der Waals surface area contributed by atoms with E-state index >= 15 is 0 Å². The monoisotopic (exact) mass is 342 g/mol. The summed E-state index contributed by atoms with van der Waals surface area (Å²) in [6, 6.07) is 6.05. The van der Waals surface area contributed by atoms with Crippen LogP contribution in [0.25, 0.3) is 0 Å². The van der Waals surface area contributed by atoms with Gasteiger partial charge in [0.25, 0.3) is 0 Å². The van der Waals surface area contributed by atoms with Crippen LogP contribution in [0.3, 0.4) is 0 Å². The SMILES string of the molecule is CC(=O)N(CCC(=O)NCCC1=CCCCC1)c1cc(C)cc(C)c1. The molecule has 0 spiro atoms. The molecule has 0 heterocycles. The van der Waals surface area contributed by atoms with Gasteiger partial charge < -0.3 is 10.2 Å². The minimum absolute atomic E-state index is 0.00651. The topological polar surface area (TPSA) is 49.4 Å². The summed E-state index contributed by atoms with van der Waals surface area (Å²) in [6.45, 7) is 6.68. The molecule has 4 nitrogen and oxygen atoms in total. The number of nitrogens with zero attached hydrogens (tertiary/aromatic N) is 1. The number of rotatable bonds is 7. The molecule has 136 valence electrons. The number of carbonyl (C=O) groups excluding carboxylic acids is 2. The van der Waals surface area contributed by atoms with E-state index < -0.39 is 0 Å². The quantitative estimate of drug-likeness (QED) is 0.760. The van der Waals surface area contributed by atoms with Gasteiger partial charge in [-0.3, -0.25) is 9.59 Å². The highest BCUT2D eigenvalue weighted by Gasteiger charge is 2.14. The van der Waals surface area contributed by atoms with E-state index in [1.54, 1.807) is 11.8 Å². The van der Waals surface area contributed by atoms with E-state index in [2.05, 4.69) is 17.5 Å². The summed E-state index contributed by atoms with van der Waals surface area (Å²) in [4.78, 5) is 25.8. The Kier molecular flexibility index (Phi) is 7.23. The Morgan fingerprint density at radius 3 is 2.44 bits per heavy atom. The van der Waals surface area contributed by atoms with Crippen LogP contribution in [0.2, 0.25) is 0 Å². The van der Waals surface area contributed by atoms with E-state index in [4.69, 9.17) is 0 Å². The highest BCUT2D eigenvalue weighted by Crippen LogP contribution is 2.20. The van der Waals surface area contributed by atoms with E-state index in [1.165, 1.54) is 31.3 Å². The Hall–Kier alpha value is -2.10. The van der Waals surface area contributed by atoms with Crippen molar-refractivity contribution in [2.75, 3.05) is 18.0 Å². The first-order chi connectivity index (χ1) is 12.0. The first-order valence-corrected chi connectivity index (χ1v) is 9.26. The molecule has 1 aromatic carbocycles. The van der Waals surface area contributed by atoms with Crippen LogP contribution in [0.5, 0.6) is 0 Å². The highest BCUT2D eigenvalue weighted by molar-refractivity contribution is 5.92. The molecule has 2 amide bonds. The molecule has 0 fully saturated rings. The molecule has 1 aromatic rings. The summed E-state index contributed by atoms with van der Waals surface area (Å²) < 4.78 is 0. The zero-order chi connectivity index (χ0) is 18.2. The van der Waals surface area contributed by atoms with Crippen molar-refractivity contribution in [3.8, 4) is 0 Å². The normalized spacial score (nSPS) is 14.0. The molecule has 2 rings (SSSR count). The third kappa shape index (κ3) is 6.37. The third-order valence-electron chi connectivity index (χ3n) is 4.61. The number of anilines is 1. The summed E-state index contributed by atoms with van der Waals surface area (Å²) >= 11 is 0. The van der Waals surface area contributed by atoms with Crippen LogP contribution in [0.1, 0.15) is 56.6 Å². The molecule has 0 radical (unpaired) electrons.